The van der Waals surface area contributed by atoms with E-state index in [0.717, 1.165) is 12.1 Å². The highest BCUT2D eigenvalue weighted by Crippen LogP contribution is 2.25. The summed E-state index contributed by atoms with van der Waals surface area (Å²) in [4.78, 5) is 0. The highest BCUT2D eigenvalue weighted by Gasteiger charge is 2.13. The predicted molar refractivity (Wildman–Crippen MR) is 66.5 cm³/mol. The van der Waals surface area contributed by atoms with Crippen LogP contribution in [0.4, 0.5) is 13.2 Å². The molecule has 2 N–H and O–H groups in total. The molecule has 18 heavy (non-hydrogen) atoms. The van der Waals surface area contributed by atoms with Gasteiger partial charge in [-0.2, -0.15) is 0 Å². The summed E-state index contributed by atoms with van der Waals surface area (Å²) in [7, 11) is 0. The molecule has 2 rings (SSSR count). The molecule has 1 unspecified atom stereocenters. The smallest absolute Gasteiger partial charge is 0.159 e. The van der Waals surface area contributed by atoms with Crippen LogP contribution < -0.4 is 5.73 Å². The van der Waals surface area contributed by atoms with E-state index in [9.17, 15) is 13.2 Å². The maximum atomic E-state index is 13.1. The molecule has 0 aliphatic carbocycles. The van der Waals surface area contributed by atoms with Crippen molar-refractivity contribution in [3.63, 3.8) is 0 Å². The second-order valence-electron chi connectivity index (χ2n) is 3.82. The van der Waals surface area contributed by atoms with E-state index in [1.807, 2.05) is 0 Å². The van der Waals surface area contributed by atoms with Crippen LogP contribution >= 0.6 is 15.9 Å². The van der Waals surface area contributed by atoms with Gasteiger partial charge in [0.25, 0.3) is 0 Å². The molecule has 5 heteroatoms. The van der Waals surface area contributed by atoms with Crippen molar-refractivity contribution in [2.24, 2.45) is 5.73 Å². The highest BCUT2D eigenvalue weighted by atomic mass is 79.9. The summed E-state index contributed by atoms with van der Waals surface area (Å²) in [6.07, 6.45) is 0. The Morgan fingerprint density at radius 3 is 1.94 bits per heavy atom. The Kier molecular flexibility index (Phi) is 3.73. The Morgan fingerprint density at radius 1 is 0.833 bits per heavy atom. The maximum absolute atomic E-state index is 13.1. The Morgan fingerprint density at radius 2 is 1.39 bits per heavy atom. The van der Waals surface area contributed by atoms with E-state index in [2.05, 4.69) is 15.9 Å². The van der Waals surface area contributed by atoms with Crippen LogP contribution in [0.5, 0.6) is 0 Å². The van der Waals surface area contributed by atoms with Crippen molar-refractivity contribution in [3.8, 4) is 0 Å². The molecule has 2 aromatic carbocycles. The lowest BCUT2D eigenvalue weighted by Crippen LogP contribution is -2.12. The first-order valence-corrected chi connectivity index (χ1v) is 5.94. The monoisotopic (exact) mass is 315 g/mol. The second kappa shape index (κ2) is 5.12. The maximum Gasteiger partial charge on any atom is 0.159 e. The summed E-state index contributed by atoms with van der Waals surface area (Å²) in [5.41, 5.74) is 6.95. The van der Waals surface area contributed by atoms with Crippen LogP contribution in [-0.2, 0) is 0 Å². The molecule has 2 aromatic rings. The summed E-state index contributed by atoms with van der Waals surface area (Å²) in [5.74, 6) is -2.29. The van der Waals surface area contributed by atoms with Gasteiger partial charge < -0.3 is 5.73 Å². The first-order chi connectivity index (χ1) is 8.49. The van der Waals surface area contributed by atoms with Gasteiger partial charge >= 0.3 is 0 Å². The summed E-state index contributed by atoms with van der Waals surface area (Å²) in [6.45, 7) is 0. The van der Waals surface area contributed by atoms with Gasteiger partial charge in [-0.25, -0.2) is 13.2 Å². The zero-order chi connectivity index (χ0) is 13.3. The van der Waals surface area contributed by atoms with Gasteiger partial charge in [0.1, 0.15) is 5.82 Å². The van der Waals surface area contributed by atoms with Crippen LogP contribution in [0.25, 0.3) is 0 Å². The zero-order valence-electron chi connectivity index (χ0n) is 9.13. The average molecular weight is 316 g/mol. The normalized spacial score (nSPS) is 12.5. The SMILES string of the molecule is NC(c1ccc(F)c(F)c1)c1ccc(F)c(Br)c1. The third-order valence-electron chi connectivity index (χ3n) is 2.61. The summed E-state index contributed by atoms with van der Waals surface area (Å²) in [5, 5.41) is 0. The molecule has 0 saturated heterocycles. The van der Waals surface area contributed by atoms with Crippen LogP contribution in [0, 0.1) is 17.5 Å². The second-order valence-corrected chi connectivity index (χ2v) is 4.68. The van der Waals surface area contributed by atoms with Crippen molar-refractivity contribution >= 4 is 15.9 Å². The molecule has 0 bridgehead atoms. The van der Waals surface area contributed by atoms with Crippen LogP contribution in [-0.4, -0.2) is 0 Å². The van der Waals surface area contributed by atoms with Crippen LogP contribution in [0.15, 0.2) is 40.9 Å². The first kappa shape index (κ1) is 13.1. The van der Waals surface area contributed by atoms with E-state index in [1.54, 1.807) is 0 Å². The predicted octanol–water partition coefficient (Wildman–Crippen LogP) is 3.91. The van der Waals surface area contributed by atoms with Crippen molar-refractivity contribution < 1.29 is 13.2 Å². The minimum Gasteiger partial charge on any atom is -0.320 e. The molecule has 0 saturated carbocycles. The van der Waals surface area contributed by atoms with Crippen LogP contribution in [0.1, 0.15) is 17.2 Å². The van der Waals surface area contributed by atoms with Crippen molar-refractivity contribution in [1.82, 2.24) is 0 Å². The van der Waals surface area contributed by atoms with Crippen molar-refractivity contribution in [1.29, 1.82) is 0 Å². The molecule has 1 atom stereocenters. The van der Waals surface area contributed by atoms with Gasteiger partial charge in [0.05, 0.1) is 10.5 Å². The van der Waals surface area contributed by atoms with Crippen molar-refractivity contribution in [2.75, 3.05) is 0 Å². The van der Waals surface area contributed by atoms with Gasteiger partial charge in [0.15, 0.2) is 11.6 Å². The van der Waals surface area contributed by atoms with E-state index in [-0.39, 0.29) is 4.47 Å². The first-order valence-electron chi connectivity index (χ1n) is 5.14. The molecule has 0 aliphatic rings. The minimum atomic E-state index is -0.955. The van der Waals surface area contributed by atoms with Crippen molar-refractivity contribution in [2.45, 2.75) is 6.04 Å². The Labute approximate surface area is 111 Å². The lowest BCUT2D eigenvalue weighted by atomic mass is 9.99. The van der Waals surface area contributed by atoms with Gasteiger partial charge in [0.2, 0.25) is 0 Å². The van der Waals surface area contributed by atoms with Gasteiger partial charge in [-0.15, -0.1) is 0 Å². The fourth-order valence-corrected chi connectivity index (χ4v) is 2.00. The number of hydrogen-bond acceptors (Lipinski definition) is 1. The fourth-order valence-electron chi connectivity index (χ4n) is 1.60. The lowest BCUT2D eigenvalue weighted by Gasteiger charge is -2.13. The molecule has 0 fully saturated rings. The zero-order valence-corrected chi connectivity index (χ0v) is 10.7. The number of nitrogens with two attached hydrogens (primary N) is 1. The quantitative estimate of drug-likeness (QED) is 0.893. The summed E-state index contributed by atoms with van der Waals surface area (Å²) < 4.78 is 39.3. The topological polar surface area (TPSA) is 26.0 Å². The van der Waals surface area contributed by atoms with E-state index >= 15 is 0 Å². The minimum absolute atomic E-state index is 0.276. The summed E-state index contributed by atoms with van der Waals surface area (Å²) in [6, 6.07) is 7.10. The van der Waals surface area contributed by atoms with Gasteiger partial charge in [-0.3, -0.25) is 0 Å². The Bertz CT molecular complexity index is 535. The largest absolute Gasteiger partial charge is 0.320 e. The molecule has 0 aromatic heterocycles. The summed E-state index contributed by atoms with van der Waals surface area (Å²) >= 11 is 3.05. The molecule has 1 nitrogen and oxygen atoms in total. The molecule has 0 heterocycles. The standard InChI is InChI=1S/C13H9BrF3N/c14-9-5-7(1-3-10(9)15)13(18)8-2-4-11(16)12(17)6-8/h1-6,13H,18H2. The lowest BCUT2D eigenvalue weighted by molar-refractivity contribution is 0.506. The van der Waals surface area contributed by atoms with Gasteiger partial charge in [-0.1, -0.05) is 12.1 Å². The number of rotatable bonds is 2. The molecular weight excluding hydrogens is 307 g/mol. The number of benzene rings is 2. The Balaban J connectivity index is 2.37. The van der Waals surface area contributed by atoms with E-state index in [1.165, 1.54) is 24.3 Å². The molecule has 0 spiro atoms. The number of hydrogen-bond donors (Lipinski definition) is 1. The third-order valence-corrected chi connectivity index (χ3v) is 3.21. The van der Waals surface area contributed by atoms with E-state index < -0.39 is 23.5 Å². The van der Waals surface area contributed by atoms with E-state index in [0.29, 0.717) is 11.1 Å². The van der Waals surface area contributed by atoms with Crippen LogP contribution in [0.3, 0.4) is 0 Å². The molecule has 0 amide bonds. The molecule has 0 aliphatic heterocycles. The molecule has 94 valence electrons. The fraction of sp³-hybridized carbons (Fsp3) is 0.0769. The average Bonchev–Trinajstić information content (AvgIpc) is 2.35. The molecular formula is C13H9BrF3N. The van der Waals surface area contributed by atoms with Crippen LogP contribution in [0.2, 0.25) is 0 Å². The van der Waals surface area contributed by atoms with Crippen molar-refractivity contribution in [3.05, 3.63) is 69.4 Å². The van der Waals surface area contributed by atoms with Gasteiger partial charge in [-0.05, 0) is 51.3 Å². The van der Waals surface area contributed by atoms with Gasteiger partial charge in [0, 0.05) is 0 Å². The third kappa shape index (κ3) is 2.57. The Hall–Kier alpha value is -1.33. The molecule has 0 radical (unpaired) electrons. The van der Waals surface area contributed by atoms with E-state index in [4.69, 9.17) is 5.73 Å². The number of halogens is 4. The highest BCUT2D eigenvalue weighted by molar-refractivity contribution is 9.10.